The average molecular weight is 239 g/mol. The highest BCUT2D eigenvalue weighted by atomic mass is 35.5. The van der Waals surface area contributed by atoms with Crippen molar-refractivity contribution in [1.82, 2.24) is 0 Å². The third-order valence-electron chi connectivity index (χ3n) is 3.56. The normalized spacial score (nSPS) is 17.2. The third-order valence-corrected chi connectivity index (χ3v) is 3.80. The zero-order chi connectivity index (χ0) is 11.7. The zero-order valence-corrected chi connectivity index (χ0v) is 10.7. The first-order chi connectivity index (χ1) is 7.63. The van der Waals surface area contributed by atoms with E-state index in [1.54, 1.807) is 0 Å². The summed E-state index contributed by atoms with van der Waals surface area (Å²) in [4.78, 5) is 2.31. The summed E-state index contributed by atoms with van der Waals surface area (Å²) in [6.45, 7) is 2.84. The van der Waals surface area contributed by atoms with Crippen molar-refractivity contribution in [2.24, 2.45) is 11.7 Å². The van der Waals surface area contributed by atoms with Gasteiger partial charge in [0, 0.05) is 30.3 Å². The molecular weight excluding hydrogens is 220 g/mol. The first-order valence-corrected chi connectivity index (χ1v) is 6.22. The van der Waals surface area contributed by atoms with Crippen molar-refractivity contribution in [3.63, 3.8) is 0 Å². The van der Waals surface area contributed by atoms with Crippen LogP contribution in [-0.2, 0) is 6.54 Å². The van der Waals surface area contributed by atoms with E-state index in [4.69, 9.17) is 17.3 Å². The van der Waals surface area contributed by atoms with Crippen LogP contribution in [0.25, 0.3) is 0 Å². The molecule has 1 aromatic rings. The number of anilines is 1. The molecule has 2 nitrogen and oxygen atoms in total. The van der Waals surface area contributed by atoms with Crippen molar-refractivity contribution in [3.05, 3.63) is 28.8 Å². The molecule has 1 unspecified atom stereocenters. The van der Waals surface area contributed by atoms with Crippen LogP contribution in [0.2, 0.25) is 5.02 Å². The Labute approximate surface area is 102 Å². The predicted molar refractivity (Wildman–Crippen MR) is 69.9 cm³/mol. The lowest BCUT2D eigenvalue weighted by Crippen LogP contribution is -2.31. The Balaban J connectivity index is 2.26. The van der Waals surface area contributed by atoms with Crippen molar-refractivity contribution >= 4 is 17.3 Å². The lowest BCUT2D eigenvalue weighted by molar-refractivity contribution is 0.607. The summed E-state index contributed by atoms with van der Waals surface area (Å²) in [6, 6.07) is 6.52. The predicted octanol–water partition coefficient (Wildman–Crippen LogP) is 3.03. The smallest absolute Gasteiger partial charge is 0.0426 e. The molecule has 1 aliphatic rings. The molecule has 2 rings (SSSR count). The minimum absolute atomic E-state index is 0.564. The van der Waals surface area contributed by atoms with Gasteiger partial charge in [-0.1, -0.05) is 17.7 Å². The fourth-order valence-corrected chi connectivity index (χ4v) is 2.32. The number of nitrogens with two attached hydrogens (primary N) is 1. The molecule has 3 heteroatoms. The van der Waals surface area contributed by atoms with Crippen molar-refractivity contribution in [2.75, 3.05) is 11.9 Å². The van der Waals surface area contributed by atoms with Crippen LogP contribution in [-0.4, -0.2) is 13.1 Å². The number of halogens is 1. The van der Waals surface area contributed by atoms with Crippen molar-refractivity contribution in [1.29, 1.82) is 0 Å². The Kier molecular flexibility index (Phi) is 3.41. The van der Waals surface area contributed by atoms with E-state index >= 15 is 0 Å². The average Bonchev–Trinajstić information content (AvgIpc) is 3.11. The number of nitrogens with zero attached hydrogens (tertiary/aromatic N) is 1. The summed E-state index contributed by atoms with van der Waals surface area (Å²) < 4.78 is 0. The largest absolute Gasteiger partial charge is 0.371 e. The van der Waals surface area contributed by atoms with Gasteiger partial charge in [0.1, 0.15) is 0 Å². The van der Waals surface area contributed by atoms with Gasteiger partial charge in [-0.3, -0.25) is 0 Å². The highest BCUT2D eigenvalue weighted by Gasteiger charge is 2.31. The van der Waals surface area contributed by atoms with E-state index in [1.165, 1.54) is 24.1 Å². The Bertz CT molecular complexity index is 374. The van der Waals surface area contributed by atoms with Crippen molar-refractivity contribution < 1.29 is 0 Å². The van der Waals surface area contributed by atoms with Gasteiger partial charge in [0.05, 0.1) is 0 Å². The van der Waals surface area contributed by atoms with Gasteiger partial charge >= 0.3 is 0 Å². The molecule has 0 amide bonds. The van der Waals surface area contributed by atoms with Gasteiger partial charge in [-0.05, 0) is 43.4 Å². The molecule has 0 spiro atoms. The summed E-state index contributed by atoms with van der Waals surface area (Å²) in [6.07, 6.45) is 2.70. The Morgan fingerprint density at radius 2 is 2.19 bits per heavy atom. The molecule has 1 fully saturated rings. The summed E-state index contributed by atoms with van der Waals surface area (Å²) in [7, 11) is 2.13. The second-order valence-electron chi connectivity index (χ2n) is 4.67. The van der Waals surface area contributed by atoms with Crippen LogP contribution in [0, 0.1) is 5.92 Å². The Morgan fingerprint density at radius 1 is 1.50 bits per heavy atom. The van der Waals surface area contributed by atoms with E-state index in [0.29, 0.717) is 12.6 Å². The fourth-order valence-electron chi connectivity index (χ4n) is 2.15. The molecule has 16 heavy (non-hydrogen) atoms. The minimum Gasteiger partial charge on any atom is -0.371 e. The first-order valence-electron chi connectivity index (χ1n) is 5.85. The van der Waals surface area contributed by atoms with Crippen LogP contribution in [0.5, 0.6) is 0 Å². The molecule has 0 aliphatic heterocycles. The number of rotatable bonds is 4. The molecule has 1 aliphatic carbocycles. The molecular formula is C13H19ClN2. The van der Waals surface area contributed by atoms with Crippen molar-refractivity contribution in [2.45, 2.75) is 32.4 Å². The molecule has 0 saturated heterocycles. The fraction of sp³-hybridized carbons (Fsp3) is 0.538. The number of hydrogen-bond acceptors (Lipinski definition) is 2. The molecule has 0 aromatic heterocycles. The van der Waals surface area contributed by atoms with Crippen LogP contribution < -0.4 is 10.6 Å². The van der Waals surface area contributed by atoms with Gasteiger partial charge in [-0.25, -0.2) is 0 Å². The maximum absolute atomic E-state index is 6.05. The van der Waals surface area contributed by atoms with Crippen LogP contribution in [0.15, 0.2) is 18.2 Å². The van der Waals surface area contributed by atoms with Gasteiger partial charge in [0.15, 0.2) is 0 Å². The quantitative estimate of drug-likeness (QED) is 0.874. The van der Waals surface area contributed by atoms with Crippen LogP contribution >= 0.6 is 11.6 Å². The number of hydrogen-bond donors (Lipinski definition) is 1. The van der Waals surface area contributed by atoms with E-state index in [0.717, 1.165) is 10.9 Å². The summed E-state index contributed by atoms with van der Waals surface area (Å²) in [5.41, 5.74) is 8.10. The van der Waals surface area contributed by atoms with E-state index in [2.05, 4.69) is 18.9 Å². The van der Waals surface area contributed by atoms with Gasteiger partial charge < -0.3 is 10.6 Å². The summed E-state index contributed by atoms with van der Waals surface area (Å²) in [5.74, 6) is 0.842. The van der Waals surface area contributed by atoms with Crippen LogP contribution in [0.4, 0.5) is 5.69 Å². The van der Waals surface area contributed by atoms with E-state index in [1.807, 2.05) is 18.2 Å². The van der Waals surface area contributed by atoms with E-state index in [-0.39, 0.29) is 0 Å². The van der Waals surface area contributed by atoms with Gasteiger partial charge in [-0.15, -0.1) is 0 Å². The lowest BCUT2D eigenvalue weighted by Gasteiger charge is -2.29. The highest BCUT2D eigenvalue weighted by Crippen LogP contribution is 2.37. The highest BCUT2D eigenvalue weighted by molar-refractivity contribution is 6.30. The second kappa shape index (κ2) is 4.64. The molecule has 88 valence electrons. The Morgan fingerprint density at radius 3 is 2.75 bits per heavy atom. The standard InChI is InChI=1S/C13H19ClN2/c1-9(10-3-4-10)16(2)13-7-12(14)6-5-11(13)8-15/h5-7,9-10H,3-4,8,15H2,1-2H3. The topological polar surface area (TPSA) is 29.3 Å². The zero-order valence-electron chi connectivity index (χ0n) is 9.91. The SMILES string of the molecule is CC(C1CC1)N(C)c1cc(Cl)ccc1CN. The van der Waals surface area contributed by atoms with E-state index < -0.39 is 0 Å². The summed E-state index contributed by atoms with van der Waals surface area (Å²) >= 11 is 6.05. The maximum Gasteiger partial charge on any atom is 0.0426 e. The lowest BCUT2D eigenvalue weighted by atomic mass is 10.1. The molecule has 0 bridgehead atoms. The molecule has 0 radical (unpaired) electrons. The maximum atomic E-state index is 6.05. The van der Waals surface area contributed by atoms with Gasteiger partial charge in [-0.2, -0.15) is 0 Å². The minimum atomic E-state index is 0.564. The third kappa shape index (κ3) is 2.33. The summed E-state index contributed by atoms with van der Waals surface area (Å²) in [5, 5.41) is 0.780. The number of benzene rings is 1. The molecule has 1 aromatic carbocycles. The van der Waals surface area contributed by atoms with Crippen molar-refractivity contribution in [3.8, 4) is 0 Å². The van der Waals surface area contributed by atoms with Crippen LogP contribution in [0.3, 0.4) is 0 Å². The van der Waals surface area contributed by atoms with E-state index in [9.17, 15) is 0 Å². The second-order valence-corrected chi connectivity index (χ2v) is 5.10. The molecule has 1 saturated carbocycles. The van der Waals surface area contributed by atoms with Gasteiger partial charge in [0.2, 0.25) is 0 Å². The molecule has 0 heterocycles. The molecule has 2 N–H and O–H groups in total. The van der Waals surface area contributed by atoms with Crippen LogP contribution in [0.1, 0.15) is 25.3 Å². The Hall–Kier alpha value is -0.730. The van der Waals surface area contributed by atoms with Gasteiger partial charge in [0.25, 0.3) is 0 Å². The molecule has 1 atom stereocenters. The monoisotopic (exact) mass is 238 g/mol. The first kappa shape index (κ1) is 11.7.